The predicted octanol–water partition coefficient (Wildman–Crippen LogP) is -0.178. The zero-order valence-electron chi connectivity index (χ0n) is 9.94. The zero-order chi connectivity index (χ0) is 12.3. The number of sulfone groups is 1. The Hall–Kier alpha value is -0.620. The van der Waals surface area contributed by atoms with Gasteiger partial charge in [-0.2, -0.15) is 0 Å². The van der Waals surface area contributed by atoms with Crippen LogP contribution < -0.4 is 10.6 Å². The maximum atomic E-state index is 11.6. The third-order valence-electron chi connectivity index (χ3n) is 3.58. The molecule has 98 valence electrons. The van der Waals surface area contributed by atoms with Gasteiger partial charge >= 0.3 is 0 Å². The molecule has 17 heavy (non-hydrogen) atoms. The summed E-state index contributed by atoms with van der Waals surface area (Å²) >= 11 is 0. The minimum absolute atomic E-state index is 0.0356. The van der Waals surface area contributed by atoms with Gasteiger partial charge in [0.25, 0.3) is 0 Å². The van der Waals surface area contributed by atoms with Crippen LogP contribution in [0, 0.1) is 0 Å². The fraction of sp³-hybridized carbons (Fsp3) is 0.909. The molecule has 2 unspecified atom stereocenters. The van der Waals surface area contributed by atoms with Crippen molar-refractivity contribution in [2.45, 2.75) is 43.4 Å². The Balaban J connectivity index is 1.72. The molecule has 0 radical (unpaired) electrons. The highest BCUT2D eigenvalue weighted by Crippen LogP contribution is 2.19. The average Bonchev–Trinajstić information content (AvgIpc) is 2.85. The van der Waals surface area contributed by atoms with Gasteiger partial charge in [-0.15, -0.1) is 0 Å². The van der Waals surface area contributed by atoms with E-state index in [2.05, 4.69) is 10.6 Å². The maximum Gasteiger partial charge on any atom is 0.221 e. The fourth-order valence-electron chi connectivity index (χ4n) is 2.54. The lowest BCUT2D eigenvalue weighted by atomic mass is 10.1. The first-order valence-electron chi connectivity index (χ1n) is 6.29. The molecule has 0 aliphatic carbocycles. The molecule has 0 spiro atoms. The van der Waals surface area contributed by atoms with Crippen molar-refractivity contribution in [1.29, 1.82) is 0 Å². The average molecular weight is 260 g/mol. The standard InChI is InChI=1S/C11H20N2O3S/c14-11(7-9-3-1-5-12-9)13-8-10-4-2-6-17(10,15)16/h9-10,12H,1-8H2,(H,13,14). The first kappa shape index (κ1) is 12.8. The van der Waals surface area contributed by atoms with Crippen molar-refractivity contribution in [3.05, 3.63) is 0 Å². The molecule has 0 aromatic heterocycles. The number of rotatable bonds is 4. The molecule has 0 saturated carbocycles. The van der Waals surface area contributed by atoms with Gasteiger partial charge in [-0.1, -0.05) is 0 Å². The maximum absolute atomic E-state index is 11.6. The highest BCUT2D eigenvalue weighted by Gasteiger charge is 2.31. The number of carbonyl (C=O) groups is 1. The fourth-order valence-corrected chi connectivity index (χ4v) is 4.31. The van der Waals surface area contributed by atoms with Crippen LogP contribution >= 0.6 is 0 Å². The smallest absolute Gasteiger partial charge is 0.221 e. The summed E-state index contributed by atoms with van der Waals surface area (Å²) in [5, 5.41) is 5.64. The Morgan fingerprint density at radius 2 is 2.12 bits per heavy atom. The molecule has 0 aromatic rings. The van der Waals surface area contributed by atoms with Crippen molar-refractivity contribution in [3.63, 3.8) is 0 Å². The van der Waals surface area contributed by atoms with E-state index in [0.29, 0.717) is 12.8 Å². The second-order valence-corrected chi connectivity index (χ2v) is 7.33. The minimum atomic E-state index is -2.94. The highest BCUT2D eigenvalue weighted by molar-refractivity contribution is 7.92. The topological polar surface area (TPSA) is 75.3 Å². The Labute approximate surface area is 102 Å². The monoisotopic (exact) mass is 260 g/mol. The highest BCUT2D eigenvalue weighted by atomic mass is 32.2. The van der Waals surface area contributed by atoms with Crippen molar-refractivity contribution in [1.82, 2.24) is 10.6 Å². The molecular weight excluding hydrogens is 240 g/mol. The summed E-state index contributed by atoms with van der Waals surface area (Å²) in [5.41, 5.74) is 0. The summed E-state index contributed by atoms with van der Waals surface area (Å²) in [5.74, 6) is 0.240. The van der Waals surface area contributed by atoms with Gasteiger partial charge in [-0.3, -0.25) is 4.79 Å². The molecule has 2 saturated heterocycles. The number of hydrogen-bond donors (Lipinski definition) is 2. The third kappa shape index (κ3) is 3.42. The van der Waals surface area contributed by atoms with E-state index >= 15 is 0 Å². The predicted molar refractivity (Wildman–Crippen MR) is 65.5 cm³/mol. The van der Waals surface area contributed by atoms with E-state index < -0.39 is 9.84 Å². The van der Waals surface area contributed by atoms with Gasteiger partial charge in [0.1, 0.15) is 0 Å². The van der Waals surface area contributed by atoms with Gasteiger partial charge in [0.05, 0.1) is 11.0 Å². The van der Waals surface area contributed by atoms with Crippen molar-refractivity contribution < 1.29 is 13.2 Å². The van der Waals surface area contributed by atoms with E-state index in [1.165, 1.54) is 0 Å². The van der Waals surface area contributed by atoms with Gasteiger partial charge < -0.3 is 10.6 Å². The van der Waals surface area contributed by atoms with E-state index in [0.717, 1.165) is 25.8 Å². The van der Waals surface area contributed by atoms with Crippen LogP contribution in [0.5, 0.6) is 0 Å². The van der Waals surface area contributed by atoms with Gasteiger partial charge in [0.15, 0.2) is 9.84 Å². The molecule has 2 heterocycles. The molecule has 0 aromatic carbocycles. The minimum Gasteiger partial charge on any atom is -0.355 e. The van der Waals surface area contributed by atoms with Gasteiger partial charge in [-0.05, 0) is 32.2 Å². The third-order valence-corrected chi connectivity index (χ3v) is 5.86. The number of hydrogen-bond acceptors (Lipinski definition) is 4. The van der Waals surface area contributed by atoms with Crippen LogP contribution in [0.25, 0.3) is 0 Å². The molecule has 2 atom stereocenters. The summed E-state index contributed by atoms with van der Waals surface area (Å²) in [7, 11) is -2.94. The Kier molecular flexibility index (Phi) is 4.04. The molecule has 2 fully saturated rings. The van der Waals surface area contributed by atoms with E-state index in [1.54, 1.807) is 0 Å². The van der Waals surface area contributed by atoms with Crippen LogP contribution in [0.3, 0.4) is 0 Å². The van der Waals surface area contributed by atoms with E-state index in [9.17, 15) is 13.2 Å². The Morgan fingerprint density at radius 1 is 1.29 bits per heavy atom. The summed E-state index contributed by atoms with van der Waals surface area (Å²) in [6.45, 7) is 1.27. The SMILES string of the molecule is O=C(CC1CCCN1)NCC1CCCS1(=O)=O. The summed E-state index contributed by atoms with van der Waals surface area (Å²) in [4.78, 5) is 11.6. The lowest BCUT2D eigenvalue weighted by Crippen LogP contribution is -2.37. The lowest BCUT2D eigenvalue weighted by molar-refractivity contribution is -0.121. The van der Waals surface area contributed by atoms with E-state index in [-0.39, 0.29) is 29.5 Å². The first-order valence-corrected chi connectivity index (χ1v) is 8.01. The molecule has 2 rings (SSSR count). The molecular formula is C11H20N2O3S. The molecule has 5 nitrogen and oxygen atoms in total. The van der Waals surface area contributed by atoms with Crippen molar-refractivity contribution in [3.8, 4) is 0 Å². The number of amides is 1. The van der Waals surface area contributed by atoms with Gasteiger partial charge in [0, 0.05) is 19.0 Å². The normalized spacial score (nSPS) is 31.5. The van der Waals surface area contributed by atoms with Crippen LogP contribution in [0.2, 0.25) is 0 Å². The first-order chi connectivity index (χ1) is 8.08. The van der Waals surface area contributed by atoms with Gasteiger partial charge in [0.2, 0.25) is 5.91 Å². The summed E-state index contributed by atoms with van der Waals surface area (Å²) in [6.07, 6.45) is 4.04. The lowest BCUT2D eigenvalue weighted by Gasteiger charge is -2.13. The summed E-state index contributed by atoms with van der Waals surface area (Å²) in [6, 6.07) is 0.273. The van der Waals surface area contributed by atoms with E-state index in [1.807, 2.05) is 0 Å². The Bertz CT molecular complexity index is 374. The second-order valence-electron chi connectivity index (χ2n) is 4.93. The van der Waals surface area contributed by atoms with Crippen LogP contribution in [0.15, 0.2) is 0 Å². The molecule has 6 heteroatoms. The van der Waals surface area contributed by atoms with Crippen LogP contribution in [-0.4, -0.2) is 44.5 Å². The van der Waals surface area contributed by atoms with Crippen molar-refractivity contribution in [2.75, 3.05) is 18.8 Å². The molecule has 0 bridgehead atoms. The van der Waals surface area contributed by atoms with E-state index in [4.69, 9.17) is 0 Å². The van der Waals surface area contributed by atoms with Crippen LogP contribution in [0.4, 0.5) is 0 Å². The largest absolute Gasteiger partial charge is 0.355 e. The molecule has 2 aliphatic heterocycles. The molecule has 1 amide bonds. The zero-order valence-corrected chi connectivity index (χ0v) is 10.8. The summed E-state index contributed by atoms with van der Waals surface area (Å²) < 4.78 is 23.1. The Morgan fingerprint density at radius 3 is 2.71 bits per heavy atom. The van der Waals surface area contributed by atoms with Crippen molar-refractivity contribution in [2.24, 2.45) is 0 Å². The van der Waals surface area contributed by atoms with Crippen LogP contribution in [-0.2, 0) is 14.6 Å². The van der Waals surface area contributed by atoms with Crippen molar-refractivity contribution >= 4 is 15.7 Å². The number of nitrogens with one attached hydrogen (secondary N) is 2. The van der Waals surface area contributed by atoms with Crippen LogP contribution in [0.1, 0.15) is 32.1 Å². The molecule has 2 aliphatic rings. The van der Waals surface area contributed by atoms with Gasteiger partial charge in [-0.25, -0.2) is 8.42 Å². The number of carbonyl (C=O) groups excluding carboxylic acids is 1. The second kappa shape index (κ2) is 5.35. The molecule has 2 N–H and O–H groups in total. The quantitative estimate of drug-likeness (QED) is 0.735.